The van der Waals surface area contributed by atoms with E-state index in [2.05, 4.69) is 35.1 Å². The molecular formula is C32H52N2O4S+2. The molecule has 0 unspecified atom stereocenters. The van der Waals surface area contributed by atoms with Crippen molar-refractivity contribution in [3.63, 3.8) is 0 Å². The first-order valence-electron chi connectivity index (χ1n) is 14.5. The number of likely N-dealkylation sites (N-methyl/N-ethyl adjacent to an activating group) is 2. The molecule has 0 bridgehead atoms. The minimum atomic E-state index is -3.51. The number of benzene rings is 2. The van der Waals surface area contributed by atoms with E-state index in [1.54, 1.807) is 6.07 Å². The van der Waals surface area contributed by atoms with Crippen LogP contribution in [0.25, 0.3) is 0 Å². The number of aliphatic hydroxyl groups excluding tert-OH is 1. The lowest BCUT2D eigenvalue weighted by Crippen LogP contribution is -2.51. The van der Waals surface area contributed by atoms with Gasteiger partial charge in [0.2, 0.25) is 0 Å². The molecule has 1 heterocycles. The van der Waals surface area contributed by atoms with Crippen LogP contribution in [0.4, 0.5) is 0 Å². The number of hydrogen-bond donors (Lipinski definition) is 1. The molecule has 2 aromatic carbocycles. The molecule has 3 rings (SSSR count). The summed E-state index contributed by atoms with van der Waals surface area (Å²) < 4.78 is 34.5. The Kier molecular flexibility index (Phi) is 9.96. The zero-order valence-electron chi connectivity index (χ0n) is 25.5. The highest BCUT2D eigenvalue weighted by Gasteiger charge is 2.44. The first kappa shape index (κ1) is 31.6. The molecule has 0 saturated carbocycles. The Labute approximate surface area is 237 Å². The molecule has 2 atom stereocenters. The number of fused-ring (bicyclic) bond motifs is 1. The van der Waals surface area contributed by atoms with E-state index in [4.69, 9.17) is 4.74 Å². The molecule has 6 nitrogen and oxygen atoms in total. The van der Waals surface area contributed by atoms with E-state index < -0.39 is 27.3 Å². The van der Waals surface area contributed by atoms with Gasteiger partial charge >= 0.3 is 0 Å². The maximum absolute atomic E-state index is 13.2. The molecular weight excluding hydrogens is 508 g/mol. The maximum Gasteiger partial charge on any atom is 0.179 e. The number of ether oxygens (including phenoxy) is 1. The van der Waals surface area contributed by atoms with E-state index in [1.165, 1.54) is 26.1 Å². The number of unbranched alkanes of at least 4 members (excludes halogenated alkanes) is 2. The van der Waals surface area contributed by atoms with Gasteiger partial charge in [-0.05, 0) is 62.4 Å². The molecule has 1 aliphatic rings. The van der Waals surface area contributed by atoms with Crippen LogP contribution < -0.4 is 4.74 Å². The summed E-state index contributed by atoms with van der Waals surface area (Å²) in [7, 11) is 5.74. The van der Waals surface area contributed by atoms with Crippen molar-refractivity contribution in [1.29, 1.82) is 0 Å². The first-order valence-corrected chi connectivity index (χ1v) is 16.1. The summed E-state index contributed by atoms with van der Waals surface area (Å²) >= 11 is 0. The molecule has 0 saturated heterocycles. The van der Waals surface area contributed by atoms with Crippen molar-refractivity contribution in [3.8, 4) is 5.75 Å². The molecule has 0 amide bonds. The summed E-state index contributed by atoms with van der Waals surface area (Å²) in [5, 5.41) is 11.4. The van der Waals surface area contributed by atoms with Crippen molar-refractivity contribution in [2.45, 2.75) is 63.9 Å². The Morgan fingerprint density at radius 3 is 2.21 bits per heavy atom. The topological polar surface area (TPSA) is 63.6 Å². The zero-order valence-corrected chi connectivity index (χ0v) is 26.4. The van der Waals surface area contributed by atoms with Gasteiger partial charge in [-0.3, -0.25) is 0 Å². The second-order valence-electron chi connectivity index (χ2n) is 13.5. The standard InChI is InChI=1S/C32H52N2O4S/c1-9-33(5,6)20-21-34(7,8)19-11-10-12-22-38-27-16-14-26(15-17-27)30-28-23-25(2)13-18-29(28)39(36,37)24-32(3,4)31(30)35/h13-18,23,30-31,35H,9-12,19-22,24H2,1-8H3/q+2/t30-,31-/m1/s1. The largest absolute Gasteiger partial charge is 0.494 e. The molecule has 0 radical (unpaired) electrons. The highest BCUT2D eigenvalue weighted by atomic mass is 32.2. The molecule has 2 aromatic rings. The lowest BCUT2D eigenvalue weighted by Gasteiger charge is -2.35. The van der Waals surface area contributed by atoms with Crippen molar-refractivity contribution in [3.05, 3.63) is 59.2 Å². The highest BCUT2D eigenvalue weighted by molar-refractivity contribution is 7.91. The van der Waals surface area contributed by atoms with Crippen molar-refractivity contribution >= 4 is 9.84 Å². The monoisotopic (exact) mass is 560 g/mol. The fourth-order valence-electron chi connectivity index (χ4n) is 5.42. The zero-order chi connectivity index (χ0) is 29.1. The molecule has 39 heavy (non-hydrogen) atoms. The van der Waals surface area contributed by atoms with Gasteiger partial charge in [-0.15, -0.1) is 0 Å². The maximum atomic E-state index is 13.2. The van der Waals surface area contributed by atoms with Crippen molar-refractivity contribution in [2.75, 3.05) is 66.7 Å². The number of sulfone groups is 1. The van der Waals surface area contributed by atoms with E-state index in [0.717, 1.165) is 45.2 Å². The number of aryl methyl sites for hydroxylation is 1. The highest BCUT2D eigenvalue weighted by Crippen LogP contribution is 2.45. The smallest absolute Gasteiger partial charge is 0.179 e. The van der Waals surface area contributed by atoms with Crippen LogP contribution in [0.3, 0.4) is 0 Å². The van der Waals surface area contributed by atoms with Crippen LogP contribution in [0.5, 0.6) is 5.75 Å². The quantitative estimate of drug-likeness (QED) is 0.292. The fraction of sp³-hybridized carbons (Fsp3) is 0.625. The number of aliphatic hydroxyl groups is 1. The minimum absolute atomic E-state index is 0.0824. The van der Waals surface area contributed by atoms with Crippen LogP contribution in [0, 0.1) is 12.3 Å². The summed E-state index contributed by atoms with van der Waals surface area (Å²) in [6, 6.07) is 13.3. The average Bonchev–Trinajstić information content (AvgIpc) is 2.90. The van der Waals surface area contributed by atoms with E-state index in [9.17, 15) is 13.5 Å². The number of quaternary nitrogens is 2. The van der Waals surface area contributed by atoms with Crippen molar-refractivity contribution in [2.24, 2.45) is 5.41 Å². The number of nitrogens with zero attached hydrogens (tertiary/aromatic N) is 2. The Hall–Kier alpha value is -1.93. The molecule has 0 fully saturated rings. The Morgan fingerprint density at radius 2 is 1.56 bits per heavy atom. The van der Waals surface area contributed by atoms with Gasteiger partial charge in [0.15, 0.2) is 9.84 Å². The second kappa shape index (κ2) is 12.3. The fourth-order valence-corrected chi connectivity index (χ4v) is 7.55. The van der Waals surface area contributed by atoms with Gasteiger partial charge in [0.25, 0.3) is 0 Å². The summed E-state index contributed by atoms with van der Waals surface area (Å²) in [5.41, 5.74) is 1.77. The minimum Gasteiger partial charge on any atom is -0.494 e. The molecule has 7 heteroatoms. The Balaban J connectivity index is 1.59. The van der Waals surface area contributed by atoms with Gasteiger partial charge in [-0.1, -0.05) is 43.7 Å². The lowest BCUT2D eigenvalue weighted by atomic mass is 9.75. The number of rotatable bonds is 12. The first-order chi connectivity index (χ1) is 18.1. The average molecular weight is 561 g/mol. The summed E-state index contributed by atoms with van der Waals surface area (Å²) in [4.78, 5) is 0.331. The third-order valence-electron chi connectivity index (χ3n) is 8.60. The number of hydrogen-bond acceptors (Lipinski definition) is 4. The predicted octanol–water partition coefficient (Wildman–Crippen LogP) is 5.02. The van der Waals surface area contributed by atoms with Gasteiger partial charge < -0.3 is 18.8 Å². The third-order valence-corrected chi connectivity index (χ3v) is 10.8. The van der Waals surface area contributed by atoms with Gasteiger partial charge in [0, 0.05) is 11.3 Å². The van der Waals surface area contributed by atoms with Crippen LogP contribution in [-0.2, 0) is 9.84 Å². The summed E-state index contributed by atoms with van der Waals surface area (Å²) in [5.74, 6) is 0.291. The summed E-state index contributed by atoms with van der Waals surface area (Å²) in [6.07, 6.45) is 2.50. The van der Waals surface area contributed by atoms with Crippen LogP contribution in [0.15, 0.2) is 47.4 Å². The van der Waals surface area contributed by atoms with Crippen LogP contribution in [0.2, 0.25) is 0 Å². The lowest BCUT2D eigenvalue weighted by molar-refractivity contribution is -0.945. The molecule has 1 N–H and O–H groups in total. The summed E-state index contributed by atoms with van der Waals surface area (Å²) in [6.45, 7) is 13.3. The van der Waals surface area contributed by atoms with E-state index in [1.807, 2.05) is 57.2 Å². The van der Waals surface area contributed by atoms with Crippen LogP contribution in [0.1, 0.15) is 62.6 Å². The second-order valence-corrected chi connectivity index (χ2v) is 15.5. The van der Waals surface area contributed by atoms with Gasteiger partial charge in [0.05, 0.1) is 64.6 Å². The third kappa shape index (κ3) is 8.29. The van der Waals surface area contributed by atoms with E-state index in [-0.39, 0.29) is 5.75 Å². The molecule has 218 valence electrons. The van der Waals surface area contributed by atoms with Gasteiger partial charge in [0.1, 0.15) is 18.8 Å². The SMILES string of the molecule is CC[N+](C)(C)CC[N+](C)(C)CCCCCOc1ccc([C@@H]2c3cc(C)ccc3S(=O)(=O)CC(C)(C)[C@@H]2O)cc1. The normalized spacial score (nSPS) is 20.7. The molecule has 0 aliphatic carbocycles. The van der Waals surface area contributed by atoms with Gasteiger partial charge in [-0.2, -0.15) is 0 Å². The Morgan fingerprint density at radius 1 is 0.923 bits per heavy atom. The van der Waals surface area contributed by atoms with Crippen molar-refractivity contribution in [1.82, 2.24) is 0 Å². The van der Waals surface area contributed by atoms with Crippen molar-refractivity contribution < 1.29 is 27.2 Å². The molecule has 1 aliphatic heterocycles. The van der Waals surface area contributed by atoms with Crippen LogP contribution >= 0.6 is 0 Å². The Bertz CT molecular complexity index is 1200. The predicted molar refractivity (Wildman–Crippen MR) is 160 cm³/mol. The molecule has 0 aromatic heterocycles. The molecule has 0 spiro atoms. The van der Waals surface area contributed by atoms with Gasteiger partial charge in [-0.25, -0.2) is 8.42 Å². The van der Waals surface area contributed by atoms with E-state index in [0.29, 0.717) is 17.1 Å². The van der Waals surface area contributed by atoms with Crippen LogP contribution in [-0.4, -0.2) is 95.3 Å². The van der Waals surface area contributed by atoms with E-state index >= 15 is 0 Å².